The van der Waals surface area contributed by atoms with Crippen LogP contribution >= 0.6 is 0 Å². The predicted octanol–water partition coefficient (Wildman–Crippen LogP) is 4.22. The van der Waals surface area contributed by atoms with Crippen molar-refractivity contribution in [3.05, 3.63) is 95.3 Å². The summed E-state index contributed by atoms with van der Waals surface area (Å²) in [4.78, 5) is 6.66. The van der Waals surface area contributed by atoms with Crippen LogP contribution in [0.25, 0.3) is 12.2 Å². The number of hydrogen-bond donors (Lipinski definition) is 1. The minimum absolute atomic E-state index is 0.324. The normalized spacial score (nSPS) is 14.9. The van der Waals surface area contributed by atoms with Crippen LogP contribution in [0.15, 0.2) is 78.0 Å². The molecule has 0 amide bonds. The summed E-state index contributed by atoms with van der Waals surface area (Å²) < 4.78 is 28.2. The monoisotopic (exact) mass is 447 g/mol. The summed E-state index contributed by atoms with van der Waals surface area (Å²) in [6.07, 6.45) is 10.8. The van der Waals surface area contributed by atoms with Crippen LogP contribution in [0.1, 0.15) is 35.1 Å². The first-order valence-corrected chi connectivity index (χ1v) is 12.5. The van der Waals surface area contributed by atoms with Gasteiger partial charge in [0.05, 0.1) is 4.90 Å². The molecule has 1 aliphatic rings. The minimum atomic E-state index is -3.51. The molecule has 6 heteroatoms. The lowest BCUT2D eigenvalue weighted by molar-refractivity contribution is 0.344. The van der Waals surface area contributed by atoms with Crippen LogP contribution in [-0.2, 0) is 16.4 Å². The molecule has 2 heterocycles. The Hall–Kier alpha value is -2.80. The van der Waals surface area contributed by atoms with Crippen LogP contribution in [-0.4, -0.2) is 44.5 Å². The van der Waals surface area contributed by atoms with Gasteiger partial charge in [0.2, 0.25) is 10.0 Å². The lowest BCUT2D eigenvalue weighted by Crippen LogP contribution is -2.33. The van der Waals surface area contributed by atoms with Gasteiger partial charge < -0.3 is 4.90 Å². The van der Waals surface area contributed by atoms with Crippen LogP contribution in [0, 0.1) is 0 Å². The number of nitrogens with one attached hydrogen (secondary N) is 1. The fraction of sp³-hybridized carbons (Fsp3) is 0.269. The standard InChI is InChI=1S/C26H29N3O2S/c30-32(31,28-15-18-29-16-1-2-17-29)26-8-4-7-25(21-26)20-24-6-3-5-23(19-24)10-9-22-11-13-27-14-12-22/h3-14,19,21,28H,1-2,15-18,20H2/b10-9+. The third-order valence-electron chi connectivity index (χ3n) is 5.66. The van der Waals surface area contributed by atoms with E-state index in [9.17, 15) is 8.42 Å². The Morgan fingerprint density at radius 2 is 1.56 bits per heavy atom. The molecule has 2 aromatic carbocycles. The molecule has 1 fully saturated rings. The molecular formula is C26H29N3O2S. The zero-order chi connectivity index (χ0) is 22.2. The van der Waals surface area contributed by atoms with E-state index in [0.29, 0.717) is 17.9 Å². The average Bonchev–Trinajstić information content (AvgIpc) is 3.32. The van der Waals surface area contributed by atoms with Gasteiger partial charge in [-0.3, -0.25) is 4.98 Å². The SMILES string of the molecule is O=S(=O)(NCCN1CCCC1)c1cccc(Cc2cccc(/C=C/c3ccncc3)c2)c1. The number of rotatable bonds is 9. The molecule has 1 saturated heterocycles. The molecule has 0 bridgehead atoms. The number of aromatic nitrogens is 1. The Morgan fingerprint density at radius 3 is 2.34 bits per heavy atom. The van der Waals surface area contributed by atoms with Gasteiger partial charge in [0, 0.05) is 25.5 Å². The molecule has 0 saturated carbocycles. The number of nitrogens with zero attached hydrogens (tertiary/aromatic N) is 2. The van der Waals surface area contributed by atoms with E-state index in [-0.39, 0.29) is 0 Å². The summed E-state index contributed by atoms with van der Waals surface area (Å²) in [6.45, 7) is 3.33. The van der Waals surface area contributed by atoms with Gasteiger partial charge in [-0.1, -0.05) is 48.6 Å². The van der Waals surface area contributed by atoms with Crippen molar-refractivity contribution in [1.29, 1.82) is 0 Å². The van der Waals surface area contributed by atoms with Crippen LogP contribution in [0.4, 0.5) is 0 Å². The van der Waals surface area contributed by atoms with Crippen LogP contribution in [0.3, 0.4) is 0 Å². The lowest BCUT2D eigenvalue weighted by Gasteiger charge is -2.15. The number of likely N-dealkylation sites (tertiary alicyclic amines) is 1. The molecule has 0 radical (unpaired) electrons. The van der Waals surface area contributed by atoms with Gasteiger partial charge in [0.15, 0.2) is 0 Å². The number of sulfonamides is 1. The van der Waals surface area contributed by atoms with Crippen molar-refractivity contribution in [2.24, 2.45) is 0 Å². The van der Waals surface area contributed by atoms with Gasteiger partial charge >= 0.3 is 0 Å². The maximum absolute atomic E-state index is 12.7. The number of benzene rings is 2. The first-order chi connectivity index (χ1) is 15.6. The molecule has 1 aliphatic heterocycles. The van der Waals surface area contributed by atoms with Crippen molar-refractivity contribution in [3.63, 3.8) is 0 Å². The van der Waals surface area contributed by atoms with Crippen molar-refractivity contribution in [1.82, 2.24) is 14.6 Å². The smallest absolute Gasteiger partial charge is 0.240 e. The van der Waals surface area contributed by atoms with Crippen LogP contribution < -0.4 is 4.72 Å². The van der Waals surface area contributed by atoms with Crippen LogP contribution in [0.5, 0.6) is 0 Å². The molecule has 4 rings (SSSR count). The second-order valence-corrected chi connectivity index (χ2v) is 9.90. The van der Waals surface area contributed by atoms with E-state index in [1.54, 1.807) is 24.5 Å². The Labute approximate surface area is 190 Å². The Kier molecular flexibility index (Phi) is 7.47. The summed E-state index contributed by atoms with van der Waals surface area (Å²) in [5.74, 6) is 0. The quantitative estimate of drug-likeness (QED) is 0.534. The average molecular weight is 448 g/mol. The molecule has 3 aromatic rings. The fourth-order valence-electron chi connectivity index (χ4n) is 3.96. The second-order valence-electron chi connectivity index (χ2n) is 8.13. The van der Waals surface area contributed by atoms with Crippen molar-refractivity contribution in [3.8, 4) is 0 Å². The van der Waals surface area contributed by atoms with E-state index >= 15 is 0 Å². The summed E-state index contributed by atoms with van der Waals surface area (Å²) in [6, 6.07) is 19.4. The third-order valence-corrected chi connectivity index (χ3v) is 7.12. The van der Waals surface area contributed by atoms with Gasteiger partial charge in [-0.25, -0.2) is 13.1 Å². The topological polar surface area (TPSA) is 62.3 Å². The highest BCUT2D eigenvalue weighted by Crippen LogP contribution is 2.17. The maximum atomic E-state index is 12.7. The zero-order valence-electron chi connectivity index (χ0n) is 18.2. The van der Waals surface area contributed by atoms with E-state index in [1.807, 2.05) is 30.3 Å². The highest BCUT2D eigenvalue weighted by molar-refractivity contribution is 7.89. The Morgan fingerprint density at radius 1 is 0.875 bits per heavy atom. The number of pyridine rings is 1. The van der Waals surface area contributed by atoms with Crippen molar-refractivity contribution in [2.45, 2.75) is 24.2 Å². The molecule has 0 spiro atoms. The molecular weight excluding hydrogens is 418 g/mol. The van der Waals surface area contributed by atoms with E-state index in [2.05, 4.69) is 45.0 Å². The van der Waals surface area contributed by atoms with E-state index < -0.39 is 10.0 Å². The van der Waals surface area contributed by atoms with E-state index in [1.165, 1.54) is 12.8 Å². The minimum Gasteiger partial charge on any atom is -0.302 e. The predicted molar refractivity (Wildman–Crippen MR) is 130 cm³/mol. The second kappa shape index (κ2) is 10.7. The Bertz CT molecular complexity index is 1150. The molecule has 0 unspecified atom stereocenters. The molecule has 0 atom stereocenters. The molecule has 0 aliphatic carbocycles. The lowest BCUT2D eigenvalue weighted by atomic mass is 10.0. The molecule has 32 heavy (non-hydrogen) atoms. The molecule has 1 aromatic heterocycles. The number of hydrogen-bond acceptors (Lipinski definition) is 4. The largest absolute Gasteiger partial charge is 0.302 e. The van der Waals surface area contributed by atoms with Crippen molar-refractivity contribution in [2.75, 3.05) is 26.2 Å². The first-order valence-electron chi connectivity index (χ1n) is 11.1. The van der Waals surface area contributed by atoms with E-state index in [4.69, 9.17) is 0 Å². The van der Waals surface area contributed by atoms with Gasteiger partial charge in [-0.2, -0.15) is 0 Å². The highest BCUT2D eigenvalue weighted by Gasteiger charge is 2.16. The molecule has 1 N–H and O–H groups in total. The third kappa shape index (κ3) is 6.36. The summed E-state index contributed by atoms with van der Waals surface area (Å²) in [5.41, 5.74) is 4.31. The summed E-state index contributed by atoms with van der Waals surface area (Å²) in [7, 11) is -3.51. The maximum Gasteiger partial charge on any atom is 0.240 e. The Balaban J connectivity index is 1.40. The summed E-state index contributed by atoms with van der Waals surface area (Å²) >= 11 is 0. The highest BCUT2D eigenvalue weighted by atomic mass is 32.2. The zero-order valence-corrected chi connectivity index (χ0v) is 19.0. The van der Waals surface area contributed by atoms with E-state index in [0.717, 1.165) is 41.9 Å². The van der Waals surface area contributed by atoms with Gasteiger partial charge in [-0.15, -0.1) is 0 Å². The molecule has 166 valence electrons. The first kappa shape index (κ1) is 22.4. The van der Waals surface area contributed by atoms with Crippen molar-refractivity contribution < 1.29 is 8.42 Å². The fourth-order valence-corrected chi connectivity index (χ4v) is 5.05. The van der Waals surface area contributed by atoms with Crippen LogP contribution in [0.2, 0.25) is 0 Å². The van der Waals surface area contributed by atoms with Gasteiger partial charge in [-0.05, 0) is 78.9 Å². The van der Waals surface area contributed by atoms with Gasteiger partial charge in [0.25, 0.3) is 0 Å². The summed E-state index contributed by atoms with van der Waals surface area (Å²) in [5, 5.41) is 0. The van der Waals surface area contributed by atoms with Crippen molar-refractivity contribution >= 4 is 22.2 Å². The van der Waals surface area contributed by atoms with Gasteiger partial charge in [0.1, 0.15) is 0 Å². The molecule has 5 nitrogen and oxygen atoms in total.